The lowest BCUT2D eigenvalue weighted by atomic mass is 10.0. The van der Waals surface area contributed by atoms with E-state index in [4.69, 9.17) is 33.0 Å². The average molecular weight is 333 g/mol. The van der Waals surface area contributed by atoms with Gasteiger partial charge in [0.25, 0.3) is 5.97 Å². The second kappa shape index (κ2) is 9.22. The summed E-state index contributed by atoms with van der Waals surface area (Å²) in [7, 11) is 0. The van der Waals surface area contributed by atoms with Gasteiger partial charge in [-0.15, -0.1) is 5.10 Å². The molecule has 0 saturated carbocycles. The number of nitrogens with zero attached hydrogens (tertiary/aromatic N) is 2. The molecule has 0 fully saturated rings. The molecule has 0 spiro atoms. The number of nitrogens with two attached hydrogens (primary N) is 2. The number of carbonyl (C=O) groups is 1. The molecule has 0 atom stereocenters. The molecule has 2 aromatic carbocycles. The van der Waals surface area contributed by atoms with Gasteiger partial charge in [0.05, 0.1) is 11.2 Å². The van der Waals surface area contributed by atoms with Gasteiger partial charge >= 0.3 is 0 Å². The van der Waals surface area contributed by atoms with Crippen molar-refractivity contribution in [1.82, 2.24) is 0 Å². The fourth-order valence-electron chi connectivity index (χ4n) is 1.60. The Morgan fingerprint density at radius 2 is 1.74 bits per heavy atom. The van der Waals surface area contributed by atoms with E-state index in [-0.39, 0.29) is 5.96 Å². The van der Waals surface area contributed by atoms with E-state index in [0.717, 1.165) is 23.6 Å². The molecule has 0 aromatic heterocycles. The zero-order chi connectivity index (χ0) is 17.2. The van der Waals surface area contributed by atoms with E-state index >= 15 is 0 Å². The van der Waals surface area contributed by atoms with Gasteiger partial charge < -0.3 is 16.6 Å². The minimum atomic E-state index is -0.833. The van der Waals surface area contributed by atoms with Crippen molar-refractivity contribution in [3.8, 4) is 11.1 Å². The van der Waals surface area contributed by atoms with Crippen LogP contribution in [0.5, 0.6) is 0 Å². The number of aliphatic carboxylic acids is 1. The van der Waals surface area contributed by atoms with Crippen LogP contribution in [-0.4, -0.2) is 23.2 Å². The van der Waals surface area contributed by atoms with E-state index in [1.165, 1.54) is 6.21 Å². The quantitative estimate of drug-likeness (QED) is 0.455. The molecule has 0 radical (unpaired) electrons. The molecule has 0 amide bonds. The first-order chi connectivity index (χ1) is 10.9. The molecule has 0 unspecified atom stereocenters. The molecule has 0 bridgehead atoms. The molecule has 0 saturated heterocycles. The summed E-state index contributed by atoms with van der Waals surface area (Å²) in [6, 6.07) is 15.7. The van der Waals surface area contributed by atoms with Crippen LogP contribution >= 0.6 is 11.6 Å². The fraction of sp³-hybridized carbons (Fsp3) is 0.0625. The zero-order valence-electron chi connectivity index (χ0n) is 12.5. The van der Waals surface area contributed by atoms with Gasteiger partial charge in [0.15, 0.2) is 0 Å². The molecule has 7 heteroatoms. The number of benzene rings is 2. The lowest BCUT2D eigenvalue weighted by molar-refractivity contribution is -0.134. The smallest absolute Gasteiger partial charge is 0.300 e. The lowest BCUT2D eigenvalue weighted by Gasteiger charge is -2.03. The van der Waals surface area contributed by atoms with Crippen molar-refractivity contribution in [2.75, 3.05) is 0 Å². The van der Waals surface area contributed by atoms with Crippen LogP contribution in [0, 0.1) is 0 Å². The Kier molecular flexibility index (Phi) is 7.29. The molecule has 0 aliphatic heterocycles. The van der Waals surface area contributed by atoms with Gasteiger partial charge in [-0.05, 0) is 17.2 Å². The van der Waals surface area contributed by atoms with Gasteiger partial charge in [0.2, 0.25) is 5.96 Å². The number of hydrogen-bond acceptors (Lipinski definition) is 3. The zero-order valence-corrected chi connectivity index (χ0v) is 13.2. The Labute approximate surface area is 139 Å². The summed E-state index contributed by atoms with van der Waals surface area (Å²) in [6.45, 7) is 1.08. The van der Waals surface area contributed by atoms with Crippen molar-refractivity contribution in [2.45, 2.75) is 6.92 Å². The van der Waals surface area contributed by atoms with Crippen molar-refractivity contribution >= 4 is 29.7 Å². The summed E-state index contributed by atoms with van der Waals surface area (Å²) in [5, 5.41) is 15.3. The van der Waals surface area contributed by atoms with Crippen LogP contribution < -0.4 is 11.5 Å². The van der Waals surface area contributed by atoms with E-state index in [9.17, 15) is 0 Å². The average Bonchev–Trinajstić information content (AvgIpc) is 2.49. The Bertz CT molecular complexity index is 707. The SMILES string of the molecule is CC(=O)O.NC(N)=N/N=C/c1ccc(-c2ccccc2)cc1Cl. The molecular weight excluding hydrogens is 316 g/mol. The Morgan fingerprint density at radius 3 is 2.26 bits per heavy atom. The van der Waals surface area contributed by atoms with Crippen molar-refractivity contribution in [1.29, 1.82) is 0 Å². The van der Waals surface area contributed by atoms with Gasteiger partial charge in [0, 0.05) is 12.5 Å². The van der Waals surface area contributed by atoms with Crippen LogP contribution in [0.1, 0.15) is 12.5 Å². The summed E-state index contributed by atoms with van der Waals surface area (Å²) in [6.07, 6.45) is 1.51. The molecule has 0 aliphatic carbocycles. The monoisotopic (exact) mass is 332 g/mol. The van der Waals surface area contributed by atoms with E-state index in [2.05, 4.69) is 10.2 Å². The lowest BCUT2D eigenvalue weighted by Crippen LogP contribution is -2.21. The molecule has 120 valence electrons. The first-order valence-electron chi connectivity index (χ1n) is 6.56. The first-order valence-corrected chi connectivity index (χ1v) is 6.94. The maximum absolute atomic E-state index is 9.00. The highest BCUT2D eigenvalue weighted by molar-refractivity contribution is 6.33. The second-order valence-corrected chi connectivity index (χ2v) is 4.80. The Hall–Kier alpha value is -2.86. The van der Waals surface area contributed by atoms with Crippen molar-refractivity contribution < 1.29 is 9.90 Å². The highest BCUT2D eigenvalue weighted by Gasteiger charge is 2.01. The summed E-state index contributed by atoms with van der Waals surface area (Å²) < 4.78 is 0. The molecule has 23 heavy (non-hydrogen) atoms. The summed E-state index contributed by atoms with van der Waals surface area (Å²) in [5.74, 6) is -0.923. The van der Waals surface area contributed by atoms with E-state index in [1.54, 1.807) is 0 Å². The maximum Gasteiger partial charge on any atom is 0.300 e. The van der Waals surface area contributed by atoms with Gasteiger partial charge in [-0.1, -0.05) is 54.1 Å². The van der Waals surface area contributed by atoms with Crippen molar-refractivity contribution in [3.63, 3.8) is 0 Å². The molecule has 2 aromatic rings. The number of rotatable bonds is 3. The standard InChI is InChI=1S/C14H13ClN4.C2H4O2/c15-13-8-11(10-4-2-1-3-5-10)6-7-12(13)9-18-19-14(16)17;1-2(3)4/h1-9H,(H4,16,17,19);1H3,(H,3,4)/b18-9+;. The number of halogens is 1. The van der Waals surface area contributed by atoms with E-state index in [1.807, 2.05) is 48.5 Å². The Morgan fingerprint density at radius 1 is 1.13 bits per heavy atom. The van der Waals surface area contributed by atoms with Gasteiger partial charge in [-0.25, -0.2) is 0 Å². The van der Waals surface area contributed by atoms with Gasteiger partial charge in [-0.3, -0.25) is 4.79 Å². The summed E-state index contributed by atoms with van der Waals surface area (Å²) in [5.41, 5.74) is 13.3. The minimum Gasteiger partial charge on any atom is -0.481 e. The predicted molar refractivity (Wildman–Crippen MR) is 93.6 cm³/mol. The third-order valence-electron chi connectivity index (χ3n) is 2.48. The predicted octanol–water partition coefficient (Wildman–Crippen LogP) is 2.71. The third kappa shape index (κ3) is 7.10. The normalized spacial score (nSPS) is 9.83. The molecular formula is C16H17ClN4O2. The van der Waals surface area contributed by atoms with Crippen LogP contribution in [0.2, 0.25) is 5.02 Å². The third-order valence-corrected chi connectivity index (χ3v) is 2.80. The largest absolute Gasteiger partial charge is 0.481 e. The number of hydrogen-bond donors (Lipinski definition) is 3. The van der Waals surface area contributed by atoms with Crippen LogP contribution in [0.15, 0.2) is 58.7 Å². The van der Waals surface area contributed by atoms with Gasteiger partial charge in [-0.2, -0.15) is 5.10 Å². The van der Waals surface area contributed by atoms with Crippen LogP contribution in [0.25, 0.3) is 11.1 Å². The Balaban J connectivity index is 0.000000593. The van der Waals surface area contributed by atoms with Crippen molar-refractivity contribution in [2.24, 2.45) is 21.7 Å². The highest BCUT2D eigenvalue weighted by Crippen LogP contribution is 2.24. The molecule has 0 aliphatic rings. The number of carboxylic acids is 1. The summed E-state index contributed by atoms with van der Waals surface area (Å²) in [4.78, 5) is 9.00. The first kappa shape index (κ1) is 18.2. The minimum absolute atomic E-state index is 0.0896. The topological polar surface area (TPSA) is 114 Å². The van der Waals surface area contributed by atoms with Crippen LogP contribution in [0.4, 0.5) is 0 Å². The van der Waals surface area contributed by atoms with Gasteiger partial charge in [0.1, 0.15) is 0 Å². The van der Waals surface area contributed by atoms with E-state index < -0.39 is 5.97 Å². The van der Waals surface area contributed by atoms with Crippen LogP contribution in [-0.2, 0) is 4.79 Å². The number of carboxylic acid groups (broad SMARTS) is 1. The molecule has 5 N–H and O–H groups in total. The molecule has 0 heterocycles. The summed E-state index contributed by atoms with van der Waals surface area (Å²) >= 11 is 6.19. The van der Waals surface area contributed by atoms with Crippen LogP contribution in [0.3, 0.4) is 0 Å². The molecule has 2 rings (SSSR count). The number of guanidine groups is 1. The second-order valence-electron chi connectivity index (χ2n) is 4.39. The maximum atomic E-state index is 9.00. The van der Waals surface area contributed by atoms with Crippen molar-refractivity contribution in [3.05, 3.63) is 59.1 Å². The van der Waals surface area contributed by atoms with E-state index in [0.29, 0.717) is 5.02 Å². The molecule has 6 nitrogen and oxygen atoms in total. The fourth-order valence-corrected chi connectivity index (χ4v) is 1.83. The highest BCUT2D eigenvalue weighted by atomic mass is 35.5.